The Kier molecular flexibility index (Phi) is 15.6. The summed E-state index contributed by atoms with van der Waals surface area (Å²) in [6, 6.07) is 52.8. The van der Waals surface area contributed by atoms with Crippen LogP contribution in [-0.4, -0.2) is 77.1 Å². The van der Waals surface area contributed by atoms with Gasteiger partial charge in [-0.1, -0.05) is 210 Å². The van der Waals surface area contributed by atoms with Crippen LogP contribution in [0.2, 0.25) is 4.34 Å². The van der Waals surface area contributed by atoms with E-state index in [2.05, 4.69) is 20.0 Å². The lowest BCUT2D eigenvalue weighted by molar-refractivity contribution is -0.160. The zero-order chi connectivity index (χ0) is 56.3. The molecule has 15 nitrogen and oxygen atoms in total. The van der Waals surface area contributed by atoms with E-state index in [-0.39, 0.29) is 15.2 Å². The van der Waals surface area contributed by atoms with Crippen molar-refractivity contribution in [2.45, 2.75) is 55.9 Å². The summed E-state index contributed by atoms with van der Waals surface area (Å²) in [4.78, 5) is 67.9. The Morgan fingerprint density at radius 3 is 1.57 bits per heavy atom. The molecular formula is C58H49ClF3N5O10S2. The largest absolute Gasteiger partial charge is 0.534 e. The Labute approximate surface area is 461 Å². The predicted molar refractivity (Wildman–Crippen MR) is 289 cm³/mol. The zero-order valence-corrected chi connectivity index (χ0v) is 44.6. The number of hydrogen-bond acceptors (Lipinski definition) is 13. The molecular weight excluding hydrogens is 1080 g/mol. The summed E-state index contributed by atoms with van der Waals surface area (Å²) in [5, 5.41) is 21.6. The number of nitrogens with zero attached hydrogens (tertiary/aromatic N) is 3. The number of oxime groups is 1. The molecule has 0 spiro atoms. The number of hydrogen-bond donors (Lipinski definition) is 3. The molecule has 6 aromatic carbocycles. The van der Waals surface area contributed by atoms with Gasteiger partial charge in [-0.05, 0) is 43.9 Å². The van der Waals surface area contributed by atoms with Crippen molar-refractivity contribution < 1.29 is 59.6 Å². The van der Waals surface area contributed by atoms with Crippen LogP contribution in [0.25, 0.3) is 0 Å². The normalized spacial score (nSPS) is 17.0. The standard InChI is InChI=1S/C58H49ClF3N5O10S2/c1-55(2,3)53(72)75-35-36-34-43-44(51(69)67(43)47(52(70)71)48(36)76-79(73,74)58(60,61)62)63-50(68)46(66-77-57(40-28-16-7-17-29-40,41-30-18-8-19-31-41)42-32-20-9-21-33-42)45-49(59)78-54(64-45)65-56(37-22-10-4-11-23-37,38-24-12-5-13-25-38)39-26-14-6-15-27-39/h4-33,36,43-44H,34-35H2,1-3H3,(H,63,68)(H,64,65)(H,70,71)/t36?,43-,44+/m1/s1. The monoisotopic (exact) mass is 1130 g/mol. The Hall–Kier alpha value is -8.33. The minimum atomic E-state index is -6.54. The van der Waals surface area contributed by atoms with Crippen LogP contribution in [0.15, 0.2) is 199 Å². The third-order valence-electron chi connectivity index (χ3n) is 13.3. The van der Waals surface area contributed by atoms with Crippen LogP contribution >= 0.6 is 22.9 Å². The maximum atomic E-state index is 15.4. The number of halogens is 4. The number of nitrogens with one attached hydrogen (secondary N) is 2. The Morgan fingerprint density at radius 2 is 1.16 bits per heavy atom. The molecule has 1 aromatic heterocycles. The molecule has 79 heavy (non-hydrogen) atoms. The number of benzene rings is 6. The van der Waals surface area contributed by atoms with Crippen molar-refractivity contribution in [2.75, 3.05) is 11.9 Å². The molecule has 0 radical (unpaired) electrons. The van der Waals surface area contributed by atoms with E-state index in [0.29, 0.717) is 21.6 Å². The Morgan fingerprint density at radius 1 is 0.734 bits per heavy atom. The molecule has 3 atom stereocenters. The molecule has 9 rings (SSSR count). The fourth-order valence-corrected chi connectivity index (χ4v) is 11.2. The molecule has 7 aromatic rings. The van der Waals surface area contributed by atoms with Gasteiger partial charge in [-0.15, -0.1) is 0 Å². The summed E-state index contributed by atoms with van der Waals surface area (Å²) >= 11 is 8.18. The molecule has 0 aliphatic carbocycles. The van der Waals surface area contributed by atoms with Crippen molar-refractivity contribution >= 4 is 67.7 Å². The van der Waals surface area contributed by atoms with Crippen LogP contribution < -0.4 is 10.6 Å². The number of carboxylic acid groups (broad SMARTS) is 1. The maximum absolute atomic E-state index is 15.4. The molecule has 3 heterocycles. The fourth-order valence-electron chi connectivity index (χ4n) is 9.58. The minimum absolute atomic E-state index is 0.0727. The van der Waals surface area contributed by atoms with Crippen molar-refractivity contribution in [1.82, 2.24) is 15.2 Å². The topological polar surface area (TPSA) is 203 Å². The summed E-state index contributed by atoms with van der Waals surface area (Å²) in [5.74, 6) is -8.24. The number of β-lactam (4-membered cyclic amide) rings is 1. The van der Waals surface area contributed by atoms with E-state index in [1.54, 1.807) is 36.4 Å². The molecule has 2 aliphatic rings. The number of aliphatic carboxylic acids is 1. The quantitative estimate of drug-likeness (QED) is 0.0140. The van der Waals surface area contributed by atoms with Gasteiger partial charge in [-0.25, -0.2) is 9.78 Å². The van der Waals surface area contributed by atoms with Crippen molar-refractivity contribution in [1.29, 1.82) is 0 Å². The predicted octanol–water partition coefficient (Wildman–Crippen LogP) is 10.4. The molecule has 1 unspecified atom stereocenters. The van der Waals surface area contributed by atoms with Gasteiger partial charge < -0.3 is 29.5 Å². The number of carbonyl (C=O) groups is 4. The molecule has 0 saturated carbocycles. The minimum Gasteiger partial charge on any atom is -0.476 e. The molecule has 1 fully saturated rings. The number of thiazole rings is 1. The molecule has 2 amide bonds. The number of anilines is 1. The van der Waals surface area contributed by atoms with Crippen LogP contribution in [0.3, 0.4) is 0 Å². The van der Waals surface area contributed by atoms with E-state index in [9.17, 15) is 41.1 Å². The van der Waals surface area contributed by atoms with Gasteiger partial charge >= 0.3 is 27.6 Å². The fraction of sp³-hybridized carbons (Fsp3) is 0.207. The second kappa shape index (κ2) is 22.2. The van der Waals surface area contributed by atoms with Gasteiger partial charge in [0, 0.05) is 16.7 Å². The lowest BCUT2D eigenvalue weighted by atomic mass is 9.77. The number of esters is 1. The van der Waals surface area contributed by atoms with Crippen LogP contribution in [0.1, 0.15) is 66.3 Å². The summed E-state index contributed by atoms with van der Waals surface area (Å²) in [7, 11) is -6.54. The lowest BCUT2D eigenvalue weighted by Crippen LogP contribution is -2.73. The molecule has 1 saturated heterocycles. The number of aromatic nitrogens is 1. The van der Waals surface area contributed by atoms with Gasteiger partial charge in [0.2, 0.25) is 5.60 Å². The maximum Gasteiger partial charge on any atom is 0.534 e. The van der Waals surface area contributed by atoms with Gasteiger partial charge in [0.15, 0.2) is 22.3 Å². The SMILES string of the molecule is CC(C)(C)C(=O)OCC1C[C@@H]2[C@H](NC(=O)C(=NOC(c3ccccc3)(c3ccccc3)c3ccccc3)c3nc(NC(c4ccccc4)(c4ccccc4)c4ccccc4)sc3Cl)C(=O)N2C(C(=O)O)=C1OS(=O)(=O)C(F)(F)F. The van der Waals surface area contributed by atoms with Crippen molar-refractivity contribution in [3.8, 4) is 0 Å². The first-order valence-electron chi connectivity index (χ1n) is 24.5. The summed E-state index contributed by atoms with van der Waals surface area (Å²) in [6.07, 6.45) is -0.568. The number of ether oxygens (including phenoxy) is 1. The highest BCUT2D eigenvalue weighted by molar-refractivity contribution is 7.87. The van der Waals surface area contributed by atoms with Gasteiger partial charge in [0.25, 0.3) is 11.8 Å². The second-order valence-electron chi connectivity index (χ2n) is 19.4. The smallest absolute Gasteiger partial charge is 0.476 e. The molecule has 0 bridgehead atoms. The van der Waals surface area contributed by atoms with E-state index < -0.39 is 104 Å². The van der Waals surface area contributed by atoms with E-state index in [1.807, 2.05) is 146 Å². The average Bonchev–Trinajstić information content (AvgIpc) is 3.71. The van der Waals surface area contributed by atoms with Crippen LogP contribution in [-0.2, 0) is 54.2 Å². The molecule has 406 valence electrons. The molecule has 21 heteroatoms. The number of carboxylic acids is 1. The number of carbonyl (C=O) groups excluding carboxylic acids is 3. The van der Waals surface area contributed by atoms with E-state index in [4.69, 9.17) is 26.2 Å². The third kappa shape index (κ3) is 10.8. The summed E-state index contributed by atoms with van der Waals surface area (Å²) in [6.45, 7) is 3.55. The van der Waals surface area contributed by atoms with E-state index in [1.165, 1.54) is 20.8 Å². The van der Waals surface area contributed by atoms with Crippen molar-refractivity contribution in [3.05, 3.63) is 237 Å². The first-order valence-corrected chi connectivity index (χ1v) is 27.1. The van der Waals surface area contributed by atoms with Crippen LogP contribution in [0.5, 0.6) is 0 Å². The molecule has 3 N–H and O–H groups in total. The summed E-state index contributed by atoms with van der Waals surface area (Å²) < 4.78 is 76.2. The van der Waals surface area contributed by atoms with Crippen molar-refractivity contribution in [2.24, 2.45) is 16.5 Å². The Bertz CT molecular complexity index is 3360. The first kappa shape index (κ1) is 55.4. The lowest BCUT2D eigenvalue weighted by Gasteiger charge is -2.51. The van der Waals surface area contributed by atoms with Crippen LogP contribution in [0, 0.1) is 11.3 Å². The van der Waals surface area contributed by atoms with Crippen molar-refractivity contribution in [3.63, 3.8) is 0 Å². The van der Waals surface area contributed by atoms with E-state index in [0.717, 1.165) is 28.0 Å². The highest BCUT2D eigenvalue weighted by atomic mass is 35.5. The highest BCUT2D eigenvalue weighted by Crippen LogP contribution is 2.46. The second-order valence-corrected chi connectivity index (χ2v) is 22.6. The summed E-state index contributed by atoms with van der Waals surface area (Å²) in [5.41, 5.74) is -7.87. The Balaban J connectivity index is 1.18. The van der Waals surface area contributed by atoms with Gasteiger partial charge in [0.05, 0.1) is 17.4 Å². The van der Waals surface area contributed by atoms with Gasteiger partial charge in [-0.3, -0.25) is 19.3 Å². The third-order valence-corrected chi connectivity index (χ3v) is 15.5. The first-order chi connectivity index (χ1) is 37.7. The number of fused-ring (bicyclic) bond motifs is 1. The highest BCUT2D eigenvalue weighted by Gasteiger charge is 2.59. The number of amides is 2. The van der Waals surface area contributed by atoms with Crippen LogP contribution in [0.4, 0.5) is 18.3 Å². The average molecular weight is 1130 g/mol. The van der Waals surface area contributed by atoms with Gasteiger partial charge in [-0.2, -0.15) is 21.6 Å². The number of rotatable bonds is 18. The van der Waals surface area contributed by atoms with E-state index >= 15 is 4.79 Å². The zero-order valence-electron chi connectivity index (χ0n) is 42.3. The molecule has 2 aliphatic heterocycles. The van der Waals surface area contributed by atoms with Gasteiger partial charge in [0.1, 0.15) is 28.2 Å². The number of alkyl halides is 3.